The molecule has 0 saturated heterocycles. The minimum atomic E-state index is -5.02. The highest BCUT2D eigenvalue weighted by molar-refractivity contribution is 7.90. The number of nitrogens with one attached hydrogen (secondary N) is 2. The fourth-order valence-electron chi connectivity index (χ4n) is 3.27. The number of para-hydroxylation sites is 2. The molecule has 0 saturated carbocycles. The number of halogens is 7. The number of anilines is 1. The highest BCUT2D eigenvalue weighted by atomic mass is 35.5. The Kier molecular flexibility index (Phi) is 6.56. The second-order valence-electron chi connectivity index (χ2n) is 7.47. The molecule has 1 aliphatic rings. The van der Waals surface area contributed by atoms with E-state index in [1.54, 1.807) is 18.2 Å². The van der Waals surface area contributed by atoms with Crippen molar-refractivity contribution in [1.82, 2.24) is 5.32 Å². The predicted molar refractivity (Wildman–Crippen MR) is 119 cm³/mol. The molecule has 0 spiro atoms. The summed E-state index contributed by atoms with van der Waals surface area (Å²) in [6, 6.07) is 11.5. The van der Waals surface area contributed by atoms with E-state index >= 15 is 0 Å². The van der Waals surface area contributed by atoms with Crippen LogP contribution in [0, 0.1) is 0 Å². The van der Waals surface area contributed by atoms with Gasteiger partial charge in [0.2, 0.25) is 5.96 Å². The Labute approximate surface area is 205 Å². The van der Waals surface area contributed by atoms with Crippen LogP contribution in [0.3, 0.4) is 0 Å². The van der Waals surface area contributed by atoms with Gasteiger partial charge in [-0.05, 0) is 48.0 Å². The average molecular weight is 550 g/mol. The summed E-state index contributed by atoms with van der Waals surface area (Å²) in [5, 5.41) is 5.35. The van der Waals surface area contributed by atoms with Gasteiger partial charge in [0.1, 0.15) is 16.3 Å². The molecule has 0 bridgehead atoms. The van der Waals surface area contributed by atoms with Crippen molar-refractivity contribution in [2.45, 2.75) is 23.8 Å². The van der Waals surface area contributed by atoms with Crippen LogP contribution in [0.2, 0.25) is 5.02 Å². The van der Waals surface area contributed by atoms with E-state index in [-0.39, 0.29) is 33.2 Å². The highest BCUT2D eigenvalue weighted by Gasteiger charge is 2.37. The summed E-state index contributed by atoms with van der Waals surface area (Å²) in [7, 11) is -4.29. The molecule has 1 heterocycles. The number of rotatable bonds is 4. The Morgan fingerprint density at radius 2 is 1.50 bits per heavy atom. The van der Waals surface area contributed by atoms with E-state index in [0.29, 0.717) is 12.1 Å². The third-order valence-corrected chi connectivity index (χ3v) is 6.52. The van der Waals surface area contributed by atoms with Gasteiger partial charge in [0.15, 0.2) is 5.75 Å². The molecule has 0 amide bonds. The largest absolute Gasteiger partial charge is 0.454 e. The van der Waals surface area contributed by atoms with Gasteiger partial charge < -0.3 is 15.4 Å². The van der Waals surface area contributed by atoms with Gasteiger partial charge in [-0.2, -0.15) is 34.8 Å². The van der Waals surface area contributed by atoms with E-state index in [1.807, 2.05) is 0 Å². The van der Waals surface area contributed by atoms with E-state index < -0.39 is 51.6 Å². The minimum absolute atomic E-state index is 0.00108. The van der Waals surface area contributed by atoms with Gasteiger partial charge >= 0.3 is 12.4 Å². The minimum Gasteiger partial charge on any atom is -0.454 e. The number of hydrogen-bond donors (Lipinski definition) is 2. The maximum atomic E-state index is 13.1. The van der Waals surface area contributed by atoms with Gasteiger partial charge in [0, 0.05) is 6.54 Å². The highest BCUT2D eigenvalue weighted by Crippen LogP contribution is 2.40. The second kappa shape index (κ2) is 9.21. The first kappa shape index (κ1) is 25.6. The lowest BCUT2D eigenvalue weighted by atomic mass is 10.0. The summed E-state index contributed by atoms with van der Waals surface area (Å²) in [5.74, 6) is -0.173. The number of nitrogens with zero attached hydrogens (tertiary/aromatic N) is 1. The van der Waals surface area contributed by atoms with Crippen molar-refractivity contribution >= 4 is 33.3 Å². The number of fused-ring (bicyclic) bond motifs is 1. The SMILES string of the molecule is O=S1(=O)N=C(NCc2cc(C(F)(F)F)cc(C(F)(F)F)c2)Nc2c(Oc3ccccc3Cl)cccc21. The lowest BCUT2D eigenvalue weighted by Gasteiger charge is -2.22. The van der Waals surface area contributed by atoms with Gasteiger partial charge in [0.25, 0.3) is 10.0 Å². The molecular formula is C22H14ClF6N3O3S. The molecule has 3 aromatic carbocycles. The molecule has 190 valence electrons. The number of benzene rings is 3. The summed E-state index contributed by atoms with van der Waals surface area (Å²) < 4.78 is 113. The average Bonchev–Trinajstić information content (AvgIpc) is 2.78. The molecule has 0 aromatic heterocycles. The first-order chi connectivity index (χ1) is 16.7. The molecule has 0 atom stereocenters. The molecule has 3 aromatic rings. The van der Waals surface area contributed by atoms with Gasteiger partial charge in [-0.3, -0.25) is 0 Å². The number of guanidine groups is 1. The van der Waals surface area contributed by atoms with Gasteiger partial charge in [0.05, 0.1) is 16.1 Å². The molecule has 0 radical (unpaired) electrons. The number of sulfonamides is 1. The summed E-state index contributed by atoms with van der Waals surface area (Å²) in [6.45, 7) is -0.600. The maximum absolute atomic E-state index is 13.1. The first-order valence-corrected chi connectivity index (χ1v) is 11.8. The van der Waals surface area contributed by atoms with Crippen molar-refractivity contribution in [2.75, 3.05) is 5.32 Å². The maximum Gasteiger partial charge on any atom is 0.416 e. The Hall–Kier alpha value is -3.45. The Balaban J connectivity index is 1.63. The normalized spacial score (nSPS) is 14.9. The van der Waals surface area contributed by atoms with Crippen molar-refractivity contribution < 1.29 is 39.5 Å². The lowest BCUT2D eigenvalue weighted by molar-refractivity contribution is -0.143. The second-order valence-corrected chi connectivity index (χ2v) is 9.45. The van der Waals surface area contributed by atoms with Gasteiger partial charge in [-0.25, -0.2) is 0 Å². The van der Waals surface area contributed by atoms with Crippen molar-refractivity contribution in [1.29, 1.82) is 0 Å². The molecule has 0 unspecified atom stereocenters. The van der Waals surface area contributed by atoms with Crippen LogP contribution in [0.15, 0.2) is 70.0 Å². The molecule has 2 N–H and O–H groups in total. The fraction of sp³-hybridized carbons (Fsp3) is 0.136. The predicted octanol–water partition coefficient (Wildman–Crippen LogP) is 6.43. The van der Waals surface area contributed by atoms with Crippen LogP contribution in [-0.4, -0.2) is 14.4 Å². The monoisotopic (exact) mass is 549 g/mol. The standard InChI is InChI=1S/C22H14ClF6N3O3S/c23-15-4-1-2-5-16(15)35-17-6-3-7-18-19(17)31-20(32-36(18,33)34)30-11-12-8-13(21(24,25)26)10-14(9-12)22(27,28)29/h1-10H,11H2,(H2,30,31,32). The van der Waals surface area contributed by atoms with E-state index in [0.717, 1.165) is 0 Å². The van der Waals surface area contributed by atoms with E-state index in [4.69, 9.17) is 16.3 Å². The van der Waals surface area contributed by atoms with Gasteiger partial charge in [-0.15, -0.1) is 4.40 Å². The zero-order valence-corrected chi connectivity index (χ0v) is 19.3. The quantitative estimate of drug-likeness (QED) is 0.367. The summed E-state index contributed by atoms with van der Waals surface area (Å²) in [4.78, 5) is -0.254. The molecule has 0 aliphatic carbocycles. The topological polar surface area (TPSA) is 79.8 Å². The molecule has 6 nitrogen and oxygen atoms in total. The van der Waals surface area contributed by atoms with Crippen molar-refractivity contribution in [3.8, 4) is 11.5 Å². The van der Waals surface area contributed by atoms with Crippen molar-refractivity contribution in [2.24, 2.45) is 4.40 Å². The Morgan fingerprint density at radius 1 is 0.889 bits per heavy atom. The van der Waals surface area contributed by atoms with Crippen LogP contribution in [0.1, 0.15) is 16.7 Å². The van der Waals surface area contributed by atoms with E-state index in [9.17, 15) is 34.8 Å². The van der Waals surface area contributed by atoms with Gasteiger partial charge in [-0.1, -0.05) is 29.8 Å². The van der Waals surface area contributed by atoms with Crippen LogP contribution in [0.5, 0.6) is 11.5 Å². The third-order valence-electron chi connectivity index (χ3n) is 4.88. The van der Waals surface area contributed by atoms with E-state index in [1.165, 1.54) is 24.3 Å². The van der Waals surface area contributed by atoms with Crippen LogP contribution in [-0.2, 0) is 28.9 Å². The van der Waals surface area contributed by atoms with Crippen LogP contribution in [0.4, 0.5) is 32.0 Å². The fourth-order valence-corrected chi connectivity index (χ4v) is 4.56. The molecule has 14 heteroatoms. The molecule has 0 fully saturated rings. The molecule has 4 rings (SSSR count). The summed E-state index contributed by atoms with van der Waals surface area (Å²) >= 11 is 6.09. The third kappa shape index (κ3) is 5.51. The molecule has 36 heavy (non-hydrogen) atoms. The lowest BCUT2D eigenvalue weighted by Crippen LogP contribution is -2.34. The zero-order valence-electron chi connectivity index (χ0n) is 17.7. The smallest absolute Gasteiger partial charge is 0.416 e. The van der Waals surface area contributed by atoms with Crippen LogP contribution < -0.4 is 15.4 Å². The zero-order chi connectivity index (χ0) is 26.3. The summed E-state index contributed by atoms with van der Waals surface area (Å²) in [5.41, 5.74) is -3.44. The van der Waals surface area contributed by atoms with Crippen molar-refractivity contribution in [3.63, 3.8) is 0 Å². The molecule has 1 aliphatic heterocycles. The van der Waals surface area contributed by atoms with Crippen LogP contribution >= 0.6 is 11.6 Å². The number of ether oxygens (including phenoxy) is 1. The number of hydrogen-bond acceptors (Lipinski definition) is 5. The number of alkyl halides is 6. The first-order valence-electron chi connectivity index (χ1n) is 9.94. The Bertz CT molecular complexity index is 1420. The molecular weight excluding hydrogens is 536 g/mol. The van der Waals surface area contributed by atoms with Crippen molar-refractivity contribution in [3.05, 3.63) is 82.4 Å². The van der Waals surface area contributed by atoms with Crippen LogP contribution in [0.25, 0.3) is 0 Å². The van der Waals surface area contributed by atoms with E-state index in [2.05, 4.69) is 15.0 Å². The summed E-state index contributed by atoms with van der Waals surface area (Å²) in [6.07, 6.45) is -10.0. The Morgan fingerprint density at radius 3 is 2.11 bits per heavy atom.